The van der Waals surface area contributed by atoms with Crippen LogP contribution in [0.2, 0.25) is 5.02 Å². The van der Waals surface area contributed by atoms with Gasteiger partial charge in [0.2, 0.25) is 5.91 Å². The fourth-order valence-corrected chi connectivity index (χ4v) is 2.26. The van der Waals surface area contributed by atoms with Gasteiger partial charge in [-0.1, -0.05) is 39.7 Å². The summed E-state index contributed by atoms with van der Waals surface area (Å²) in [6, 6.07) is 13.1. The third-order valence-electron chi connectivity index (χ3n) is 3.17. The molecule has 124 valence electrons. The molecule has 0 spiro atoms. The Labute approximate surface area is 152 Å². The van der Waals surface area contributed by atoms with Crippen LogP contribution in [0.15, 0.2) is 53.0 Å². The predicted octanol–water partition coefficient (Wildman–Crippen LogP) is 3.53. The largest absolute Gasteiger partial charge is 0.294 e. The number of Topliss-reactive ketones (excluding diaryl/α,β-unsaturated/α-hetero) is 1. The van der Waals surface area contributed by atoms with Gasteiger partial charge in [-0.2, -0.15) is 0 Å². The molecule has 0 atom stereocenters. The Morgan fingerprint density at radius 3 is 2.04 bits per heavy atom. The van der Waals surface area contributed by atoms with E-state index >= 15 is 0 Å². The Morgan fingerprint density at radius 2 is 1.42 bits per heavy atom. The van der Waals surface area contributed by atoms with Crippen LogP contribution in [0.25, 0.3) is 0 Å². The Morgan fingerprint density at radius 1 is 0.833 bits per heavy atom. The molecule has 5 nitrogen and oxygen atoms in total. The fraction of sp³-hybridized carbons (Fsp3) is 0.118. The van der Waals surface area contributed by atoms with E-state index in [-0.39, 0.29) is 18.6 Å². The lowest BCUT2D eigenvalue weighted by Gasteiger charge is -2.07. The van der Waals surface area contributed by atoms with Gasteiger partial charge in [-0.15, -0.1) is 0 Å². The van der Waals surface area contributed by atoms with Crippen LogP contribution < -0.4 is 10.9 Å². The Hall–Kier alpha value is -2.18. The first-order valence-corrected chi connectivity index (χ1v) is 8.26. The van der Waals surface area contributed by atoms with Gasteiger partial charge in [0.25, 0.3) is 5.91 Å². The van der Waals surface area contributed by atoms with Gasteiger partial charge < -0.3 is 0 Å². The van der Waals surface area contributed by atoms with Crippen molar-refractivity contribution in [3.05, 3.63) is 69.2 Å². The van der Waals surface area contributed by atoms with Crippen molar-refractivity contribution < 1.29 is 14.4 Å². The average molecular weight is 410 g/mol. The first-order valence-electron chi connectivity index (χ1n) is 7.09. The second-order valence-corrected chi connectivity index (χ2v) is 6.29. The van der Waals surface area contributed by atoms with Crippen LogP contribution in [0, 0.1) is 0 Å². The number of benzene rings is 2. The summed E-state index contributed by atoms with van der Waals surface area (Å²) in [5, 5.41) is 0.516. The van der Waals surface area contributed by atoms with Crippen LogP contribution in [-0.2, 0) is 4.79 Å². The standard InChI is InChI=1S/C17H14BrClN2O3/c18-13-5-1-11(2-6-13)15(22)9-10-16(23)20-21-17(24)12-3-7-14(19)8-4-12/h1-8H,9-10H2,(H,20,23)(H,21,24). The molecule has 2 aromatic rings. The highest BCUT2D eigenvalue weighted by Gasteiger charge is 2.11. The summed E-state index contributed by atoms with van der Waals surface area (Å²) < 4.78 is 0.877. The Balaban J connectivity index is 1.77. The summed E-state index contributed by atoms with van der Waals surface area (Å²) in [7, 11) is 0. The SMILES string of the molecule is O=C(CCC(=O)c1ccc(Br)cc1)NNC(=O)c1ccc(Cl)cc1. The number of ketones is 1. The molecule has 7 heteroatoms. The van der Waals surface area contributed by atoms with Crippen LogP contribution in [0.4, 0.5) is 0 Å². The minimum absolute atomic E-state index is 0.0181. The van der Waals surface area contributed by atoms with E-state index in [9.17, 15) is 14.4 Å². The van der Waals surface area contributed by atoms with E-state index in [0.29, 0.717) is 16.1 Å². The molecule has 0 aliphatic rings. The number of carbonyl (C=O) groups is 3. The molecule has 0 fully saturated rings. The van der Waals surface area contributed by atoms with Crippen molar-refractivity contribution in [2.75, 3.05) is 0 Å². The number of nitrogens with one attached hydrogen (secondary N) is 2. The molecule has 0 saturated heterocycles. The van der Waals surface area contributed by atoms with Gasteiger partial charge in [-0.05, 0) is 36.4 Å². The van der Waals surface area contributed by atoms with Gasteiger partial charge in [-0.3, -0.25) is 25.2 Å². The van der Waals surface area contributed by atoms with Crippen molar-refractivity contribution in [1.29, 1.82) is 0 Å². The van der Waals surface area contributed by atoms with E-state index in [4.69, 9.17) is 11.6 Å². The van der Waals surface area contributed by atoms with E-state index < -0.39 is 11.8 Å². The lowest BCUT2D eigenvalue weighted by atomic mass is 10.1. The van der Waals surface area contributed by atoms with Crippen molar-refractivity contribution in [3.63, 3.8) is 0 Å². The highest BCUT2D eigenvalue weighted by molar-refractivity contribution is 9.10. The summed E-state index contributed by atoms with van der Waals surface area (Å²) in [4.78, 5) is 35.5. The molecule has 2 amide bonds. The van der Waals surface area contributed by atoms with Crippen molar-refractivity contribution in [1.82, 2.24) is 10.9 Å². The molecule has 0 heterocycles. The van der Waals surface area contributed by atoms with Crippen molar-refractivity contribution in [2.45, 2.75) is 12.8 Å². The Bertz CT molecular complexity index is 682. The molecule has 0 saturated carbocycles. The first-order chi connectivity index (χ1) is 11.5. The summed E-state index contributed by atoms with van der Waals surface area (Å²) in [5.41, 5.74) is 5.47. The number of amides is 2. The minimum Gasteiger partial charge on any atom is -0.294 e. The van der Waals surface area contributed by atoms with Gasteiger partial charge in [0.05, 0.1) is 0 Å². The molecular weight excluding hydrogens is 396 g/mol. The topological polar surface area (TPSA) is 75.3 Å². The lowest BCUT2D eigenvalue weighted by Crippen LogP contribution is -2.41. The maximum Gasteiger partial charge on any atom is 0.269 e. The number of rotatable bonds is 5. The summed E-state index contributed by atoms with van der Waals surface area (Å²) in [6.45, 7) is 0. The average Bonchev–Trinajstić information content (AvgIpc) is 2.58. The monoisotopic (exact) mass is 408 g/mol. The molecule has 0 aliphatic carbocycles. The zero-order chi connectivity index (χ0) is 17.5. The quantitative estimate of drug-likeness (QED) is 0.586. The molecule has 0 aliphatic heterocycles. The third-order valence-corrected chi connectivity index (χ3v) is 3.95. The van der Waals surface area contributed by atoms with Gasteiger partial charge in [0, 0.05) is 33.5 Å². The maximum absolute atomic E-state index is 12.0. The van der Waals surface area contributed by atoms with Crippen LogP contribution in [0.1, 0.15) is 33.6 Å². The van der Waals surface area contributed by atoms with Gasteiger partial charge >= 0.3 is 0 Å². The minimum atomic E-state index is -0.459. The predicted molar refractivity (Wildman–Crippen MR) is 94.8 cm³/mol. The van der Waals surface area contributed by atoms with Crippen molar-refractivity contribution in [2.24, 2.45) is 0 Å². The summed E-state index contributed by atoms with van der Waals surface area (Å²) >= 11 is 9.03. The third kappa shape index (κ3) is 5.47. The molecule has 2 N–H and O–H groups in total. The number of hydrazine groups is 1. The molecule has 2 rings (SSSR count). The normalized spacial score (nSPS) is 10.1. The van der Waals surface area contributed by atoms with Crippen LogP contribution >= 0.6 is 27.5 Å². The maximum atomic E-state index is 12.0. The number of halogens is 2. The Kier molecular flexibility index (Phi) is 6.52. The highest BCUT2D eigenvalue weighted by Crippen LogP contribution is 2.12. The van der Waals surface area contributed by atoms with Crippen molar-refractivity contribution >= 4 is 45.1 Å². The summed E-state index contributed by atoms with van der Waals surface area (Å²) in [6.07, 6.45) is 0.0417. The second-order valence-electron chi connectivity index (χ2n) is 4.94. The fourth-order valence-electron chi connectivity index (χ4n) is 1.87. The van der Waals surface area contributed by atoms with Gasteiger partial charge in [0.1, 0.15) is 0 Å². The van der Waals surface area contributed by atoms with E-state index in [1.54, 1.807) is 48.5 Å². The number of carbonyl (C=O) groups excluding carboxylic acids is 3. The van der Waals surface area contributed by atoms with E-state index in [0.717, 1.165) is 4.47 Å². The van der Waals surface area contributed by atoms with Gasteiger partial charge in [0.15, 0.2) is 5.78 Å². The lowest BCUT2D eigenvalue weighted by molar-refractivity contribution is -0.121. The molecule has 0 radical (unpaired) electrons. The highest BCUT2D eigenvalue weighted by atomic mass is 79.9. The van der Waals surface area contributed by atoms with E-state index in [1.165, 1.54) is 0 Å². The summed E-state index contributed by atoms with van der Waals surface area (Å²) in [5.74, 6) is -1.04. The van der Waals surface area contributed by atoms with Crippen LogP contribution in [0.3, 0.4) is 0 Å². The van der Waals surface area contributed by atoms with Crippen LogP contribution in [0.5, 0.6) is 0 Å². The van der Waals surface area contributed by atoms with Crippen LogP contribution in [-0.4, -0.2) is 17.6 Å². The van der Waals surface area contributed by atoms with E-state index in [1.807, 2.05) is 0 Å². The molecule has 0 bridgehead atoms. The molecular formula is C17H14BrClN2O3. The molecule has 24 heavy (non-hydrogen) atoms. The smallest absolute Gasteiger partial charge is 0.269 e. The zero-order valence-electron chi connectivity index (χ0n) is 12.5. The molecule has 2 aromatic carbocycles. The number of hydrogen-bond donors (Lipinski definition) is 2. The molecule has 0 aromatic heterocycles. The second kappa shape index (κ2) is 8.61. The van der Waals surface area contributed by atoms with Crippen molar-refractivity contribution in [3.8, 4) is 0 Å². The number of hydrogen-bond acceptors (Lipinski definition) is 3. The van der Waals surface area contributed by atoms with Gasteiger partial charge in [-0.25, -0.2) is 0 Å². The first kappa shape index (κ1) is 18.2. The zero-order valence-corrected chi connectivity index (χ0v) is 14.9. The molecule has 0 unspecified atom stereocenters. The van der Waals surface area contributed by atoms with E-state index in [2.05, 4.69) is 26.8 Å².